The molecule has 0 saturated carbocycles. The molecule has 1 aliphatic heterocycles. The van der Waals surface area contributed by atoms with Gasteiger partial charge in [0.25, 0.3) is 5.91 Å². The number of carbonyl (C=O) groups is 1. The number of aryl methyl sites for hydroxylation is 3. The van der Waals surface area contributed by atoms with Crippen LogP contribution in [0.15, 0.2) is 36.4 Å². The molecule has 1 aliphatic rings. The van der Waals surface area contributed by atoms with Gasteiger partial charge in [0.05, 0.1) is 11.4 Å². The van der Waals surface area contributed by atoms with Gasteiger partial charge in [0.2, 0.25) is 10.0 Å². The first-order chi connectivity index (χ1) is 12.3. The zero-order valence-electron chi connectivity index (χ0n) is 15.4. The topological polar surface area (TPSA) is 66.5 Å². The van der Waals surface area contributed by atoms with Crippen molar-refractivity contribution in [3.8, 4) is 0 Å². The minimum Gasteiger partial charge on any atom is -0.322 e. The zero-order valence-corrected chi connectivity index (χ0v) is 16.2. The fraction of sp³-hybridized carbons (Fsp3) is 0.350. The Balaban J connectivity index is 1.80. The van der Waals surface area contributed by atoms with Crippen LogP contribution in [0.25, 0.3) is 0 Å². The van der Waals surface area contributed by atoms with Crippen molar-refractivity contribution >= 4 is 27.3 Å². The molecule has 1 heterocycles. The first-order valence-electron chi connectivity index (χ1n) is 8.77. The number of amides is 1. The SMILES string of the molecule is Cc1cc(C)c(NC(=O)c2ccc(N3CCCCS3(=O)=O)cc2)c(C)c1. The average Bonchev–Trinajstić information content (AvgIpc) is 2.58. The minimum absolute atomic E-state index is 0.182. The number of nitrogens with zero attached hydrogens (tertiary/aromatic N) is 1. The summed E-state index contributed by atoms with van der Waals surface area (Å²) in [5, 5.41) is 2.97. The second kappa shape index (κ2) is 7.11. The summed E-state index contributed by atoms with van der Waals surface area (Å²) in [7, 11) is -3.24. The van der Waals surface area contributed by atoms with Crippen molar-refractivity contribution < 1.29 is 13.2 Å². The van der Waals surface area contributed by atoms with Gasteiger partial charge in [-0.25, -0.2) is 8.42 Å². The van der Waals surface area contributed by atoms with Gasteiger partial charge in [0.1, 0.15) is 0 Å². The van der Waals surface area contributed by atoms with Crippen LogP contribution in [0, 0.1) is 20.8 Å². The summed E-state index contributed by atoms with van der Waals surface area (Å²) in [6, 6.07) is 10.8. The van der Waals surface area contributed by atoms with Crippen molar-refractivity contribution in [1.82, 2.24) is 0 Å². The molecule has 1 N–H and O–H groups in total. The maximum Gasteiger partial charge on any atom is 0.255 e. The van der Waals surface area contributed by atoms with Crippen LogP contribution in [-0.4, -0.2) is 26.6 Å². The maximum absolute atomic E-state index is 12.6. The number of benzene rings is 2. The molecule has 0 unspecified atom stereocenters. The van der Waals surface area contributed by atoms with Gasteiger partial charge >= 0.3 is 0 Å². The Bertz CT molecular complexity index is 911. The standard InChI is InChI=1S/C20H24N2O3S/c1-14-12-15(2)19(16(3)13-14)21-20(23)17-6-8-18(9-7-17)22-10-4-5-11-26(22,24)25/h6-9,12-13H,4-5,10-11H2,1-3H3,(H,21,23). The van der Waals surface area contributed by atoms with E-state index in [0.29, 0.717) is 24.2 Å². The summed E-state index contributed by atoms with van der Waals surface area (Å²) in [6.07, 6.45) is 1.56. The molecule has 138 valence electrons. The summed E-state index contributed by atoms with van der Waals surface area (Å²) < 4.78 is 25.8. The predicted octanol–water partition coefficient (Wildman–Crippen LogP) is 3.79. The van der Waals surface area contributed by atoms with E-state index in [1.54, 1.807) is 24.3 Å². The molecule has 2 aromatic carbocycles. The Labute approximate surface area is 155 Å². The van der Waals surface area contributed by atoms with Gasteiger partial charge in [0, 0.05) is 17.8 Å². The van der Waals surface area contributed by atoms with Crippen molar-refractivity contribution in [1.29, 1.82) is 0 Å². The molecule has 5 nitrogen and oxygen atoms in total. The second-order valence-corrected chi connectivity index (χ2v) is 8.88. The van der Waals surface area contributed by atoms with Gasteiger partial charge in [-0.05, 0) is 69.0 Å². The highest BCUT2D eigenvalue weighted by atomic mass is 32.2. The van der Waals surface area contributed by atoms with E-state index < -0.39 is 10.0 Å². The number of hydrogen-bond acceptors (Lipinski definition) is 3. The Kier molecular flexibility index (Phi) is 5.05. The first kappa shape index (κ1) is 18.5. The summed E-state index contributed by atoms with van der Waals surface area (Å²) >= 11 is 0. The molecule has 1 saturated heterocycles. The molecule has 2 aromatic rings. The van der Waals surface area contributed by atoms with Gasteiger partial charge in [-0.2, -0.15) is 0 Å². The molecule has 0 aliphatic carbocycles. The molecule has 0 bridgehead atoms. The molecule has 1 amide bonds. The predicted molar refractivity (Wildman–Crippen MR) is 105 cm³/mol. The largest absolute Gasteiger partial charge is 0.322 e. The third-order valence-electron chi connectivity index (χ3n) is 4.68. The molecule has 6 heteroatoms. The smallest absolute Gasteiger partial charge is 0.255 e. The maximum atomic E-state index is 12.6. The van der Waals surface area contributed by atoms with E-state index in [1.165, 1.54) is 4.31 Å². The molecule has 0 atom stereocenters. The van der Waals surface area contributed by atoms with E-state index in [0.717, 1.165) is 28.8 Å². The summed E-state index contributed by atoms with van der Waals surface area (Å²) in [5.74, 6) is -0.0191. The van der Waals surface area contributed by atoms with E-state index in [1.807, 2.05) is 32.9 Å². The van der Waals surface area contributed by atoms with Crippen molar-refractivity contribution in [2.75, 3.05) is 21.9 Å². The molecule has 1 fully saturated rings. The Morgan fingerprint density at radius 3 is 2.19 bits per heavy atom. The summed E-state index contributed by atoms with van der Waals surface area (Å²) in [6.45, 7) is 6.47. The van der Waals surface area contributed by atoms with Gasteiger partial charge < -0.3 is 5.32 Å². The van der Waals surface area contributed by atoms with Crippen LogP contribution < -0.4 is 9.62 Å². The fourth-order valence-electron chi connectivity index (χ4n) is 3.42. The highest BCUT2D eigenvalue weighted by molar-refractivity contribution is 7.92. The Morgan fingerprint density at radius 1 is 1.00 bits per heavy atom. The third-order valence-corrected chi connectivity index (χ3v) is 6.55. The van der Waals surface area contributed by atoms with Crippen molar-refractivity contribution in [2.24, 2.45) is 0 Å². The van der Waals surface area contributed by atoms with Crippen LogP contribution in [-0.2, 0) is 10.0 Å². The van der Waals surface area contributed by atoms with Crippen LogP contribution in [0.1, 0.15) is 39.9 Å². The average molecular weight is 372 g/mol. The number of carbonyl (C=O) groups excluding carboxylic acids is 1. The number of rotatable bonds is 3. The van der Waals surface area contributed by atoms with E-state index in [2.05, 4.69) is 5.32 Å². The van der Waals surface area contributed by atoms with Crippen molar-refractivity contribution in [3.63, 3.8) is 0 Å². The molecule has 3 rings (SSSR count). The molecule has 26 heavy (non-hydrogen) atoms. The fourth-order valence-corrected chi connectivity index (χ4v) is 5.06. The van der Waals surface area contributed by atoms with Crippen molar-refractivity contribution in [3.05, 3.63) is 58.7 Å². The molecule has 0 spiro atoms. The normalized spacial score (nSPS) is 16.3. The molecule has 0 radical (unpaired) electrons. The second-order valence-electron chi connectivity index (χ2n) is 6.87. The number of hydrogen-bond donors (Lipinski definition) is 1. The Hall–Kier alpha value is -2.34. The van der Waals surface area contributed by atoms with Crippen LogP contribution in [0.3, 0.4) is 0 Å². The molecular formula is C20H24N2O3S. The highest BCUT2D eigenvalue weighted by Gasteiger charge is 2.26. The summed E-state index contributed by atoms with van der Waals surface area (Å²) in [4.78, 5) is 12.6. The highest BCUT2D eigenvalue weighted by Crippen LogP contribution is 2.25. The van der Waals surface area contributed by atoms with E-state index in [4.69, 9.17) is 0 Å². The van der Waals surface area contributed by atoms with E-state index in [-0.39, 0.29) is 11.7 Å². The van der Waals surface area contributed by atoms with Gasteiger partial charge in [-0.15, -0.1) is 0 Å². The van der Waals surface area contributed by atoms with E-state index in [9.17, 15) is 13.2 Å². The zero-order chi connectivity index (χ0) is 18.9. The molecule has 0 aromatic heterocycles. The van der Waals surface area contributed by atoms with Crippen LogP contribution in [0.5, 0.6) is 0 Å². The quantitative estimate of drug-likeness (QED) is 0.891. The first-order valence-corrected chi connectivity index (χ1v) is 10.4. The lowest BCUT2D eigenvalue weighted by molar-refractivity contribution is 0.102. The number of sulfonamides is 1. The monoisotopic (exact) mass is 372 g/mol. The lowest BCUT2D eigenvalue weighted by Crippen LogP contribution is -2.37. The van der Waals surface area contributed by atoms with Gasteiger partial charge in [-0.1, -0.05) is 17.7 Å². The van der Waals surface area contributed by atoms with Crippen LogP contribution in [0.4, 0.5) is 11.4 Å². The van der Waals surface area contributed by atoms with Crippen LogP contribution in [0.2, 0.25) is 0 Å². The minimum atomic E-state index is -3.24. The molecular weight excluding hydrogens is 348 g/mol. The summed E-state index contributed by atoms with van der Waals surface area (Å²) in [5.41, 5.74) is 5.14. The van der Waals surface area contributed by atoms with E-state index >= 15 is 0 Å². The van der Waals surface area contributed by atoms with Crippen molar-refractivity contribution in [2.45, 2.75) is 33.6 Å². The van der Waals surface area contributed by atoms with Gasteiger partial charge in [-0.3, -0.25) is 9.10 Å². The van der Waals surface area contributed by atoms with Gasteiger partial charge in [0.15, 0.2) is 0 Å². The third kappa shape index (κ3) is 3.75. The number of anilines is 2. The Morgan fingerprint density at radius 2 is 1.62 bits per heavy atom. The lowest BCUT2D eigenvalue weighted by atomic mass is 10.0. The van der Waals surface area contributed by atoms with Crippen LogP contribution >= 0.6 is 0 Å². The lowest BCUT2D eigenvalue weighted by Gasteiger charge is -2.28. The number of nitrogens with one attached hydrogen (secondary N) is 1.